The van der Waals surface area contributed by atoms with Gasteiger partial charge in [-0.05, 0) is 6.42 Å². The largest absolute Gasteiger partial charge is 0.625 e. The first-order valence-corrected chi connectivity index (χ1v) is 11.1. The maximum atomic E-state index is 12.6. The van der Waals surface area contributed by atoms with Gasteiger partial charge in [0.05, 0.1) is 19.7 Å². The number of hydrogen-bond acceptors (Lipinski definition) is 6. The van der Waals surface area contributed by atoms with Crippen LogP contribution in [0.4, 0.5) is 0 Å². The van der Waals surface area contributed by atoms with E-state index in [1.54, 1.807) is 0 Å². The summed E-state index contributed by atoms with van der Waals surface area (Å²) in [6, 6.07) is 0. The van der Waals surface area contributed by atoms with Gasteiger partial charge in [0.15, 0.2) is 6.10 Å². The molecule has 0 aromatic rings. The summed E-state index contributed by atoms with van der Waals surface area (Å²) in [5.74, 6) is -0.857. The van der Waals surface area contributed by atoms with E-state index < -0.39 is 16.7 Å². The topological polar surface area (TPSA) is 110 Å². The van der Waals surface area contributed by atoms with Gasteiger partial charge < -0.3 is 25.3 Å². The fourth-order valence-electron chi connectivity index (χ4n) is 3.21. The Hall–Kier alpha value is -0.570. The normalized spacial score (nSPS) is 13.0. The summed E-state index contributed by atoms with van der Waals surface area (Å²) in [6.07, 6.45) is 11.1. The fraction of sp³-hybridized carbons (Fsp3) is 0.952. The molecule has 0 aliphatic rings. The zero-order valence-corrected chi connectivity index (χ0v) is 17.8. The highest BCUT2D eigenvalue weighted by molar-refractivity contribution is 5.74. The van der Waals surface area contributed by atoms with Crippen LogP contribution >= 0.6 is 0 Å². The van der Waals surface area contributed by atoms with Crippen LogP contribution in [0, 0.1) is 5.21 Å². The Morgan fingerprint density at radius 3 is 1.79 bits per heavy atom. The van der Waals surface area contributed by atoms with Crippen molar-refractivity contribution in [3.05, 3.63) is 5.21 Å². The SMILES string of the molecule is CCCCCCCCCCCCOCC(O)C(=O)[N+]([O-])(CCCO)CCCO. The van der Waals surface area contributed by atoms with E-state index in [0.717, 1.165) is 12.8 Å². The number of rotatable bonds is 20. The van der Waals surface area contributed by atoms with Crippen LogP contribution in [0.5, 0.6) is 0 Å². The maximum absolute atomic E-state index is 12.6. The van der Waals surface area contributed by atoms with Gasteiger partial charge in [0.1, 0.15) is 0 Å². The van der Waals surface area contributed by atoms with Gasteiger partial charge in [-0.2, -0.15) is 0 Å². The Labute approximate surface area is 170 Å². The predicted octanol–water partition coefficient (Wildman–Crippen LogP) is 2.89. The van der Waals surface area contributed by atoms with E-state index in [1.165, 1.54) is 51.4 Å². The van der Waals surface area contributed by atoms with E-state index in [0.29, 0.717) is 6.61 Å². The first kappa shape index (κ1) is 27.4. The van der Waals surface area contributed by atoms with Crippen LogP contribution in [0.3, 0.4) is 0 Å². The molecule has 28 heavy (non-hydrogen) atoms. The minimum Gasteiger partial charge on any atom is -0.625 e. The van der Waals surface area contributed by atoms with E-state index >= 15 is 0 Å². The molecule has 0 bridgehead atoms. The number of carbonyl (C=O) groups excluding carboxylic acids is 1. The second-order valence-corrected chi connectivity index (χ2v) is 7.60. The Morgan fingerprint density at radius 2 is 1.32 bits per heavy atom. The Bertz CT molecular complexity index is 359. The van der Waals surface area contributed by atoms with Gasteiger partial charge in [-0.25, -0.2) is 4.79 Å². The number of nitrogens with zero attached hydrogens (tertiary/aromatic N) is 1. The van der Waals surface area contributed by atoms with Gasteiger partial charge in [-0.3, -0.25) is 4.65 Å². The van der Waals surface area contributed by atoms with Gasteiger partial charge in [0.2, 0.25) is 0 Å². The number of aliphatic hydroxyl groups excluding tert-OH is 3. The number of amides is 1. The lowest BCUT2D eigenvalue weighted by Crippen LogP contribution is -2.55. The molecule has 1 unspecified atom stereocenters. The molecule has 0 aromatic carbocycles. The van der Waals surface area contributed by atoms with Crippen molar-refractivity contribution in [2.75, 3.05) is 39.5 Å². The van der Waals surface area contributed by atoms with Crippen molar-refractivity contribution in [3.63, 3.8) is 0 Å². The quantitative estimate of drug-likeness (QED) is 0.163. The number of unbranched alkanes of at least 4 members (excludes halogenated alkanes) is 9. The molecule has 1 amide bonds. The number of quaternary nitrogens is 1. The number of hydroxylamine groups is 3. The lowest BCUT2D eigenvalue weighted by atomic mass is 10.1. The molecule has 0 saturated heterocycles. The third kappa shape index (κ3) is 13.6. The van der Waals surface area contributed by atoms with Crippen molar-refractivity contribution in [3.8, 4) is 0 Å². The van der Waals surface area contributed by atoms with Gasteiger partial charge in [0, 0.05) is 32.7 Å². The second-order valence-electron chi connectivity index (χ2n) is 7.60. The van der Waals surface area contributed by atoms with Crippen molar-refractivity contribution in [1.29, 1.82) is 0 Å². The van der Waals surface area contributed by atoms with Crippen molar-refractivity contribution < 1.29 is 29.5 Å². The molecule has 7 nitrogen and oxygen atoms in total. The lowest BCUT2D eigenvalue weighted by molar-refractivity contribution is -0.807. The highest BCUT2D eigenvalue weighted by Crippen LogP contribution is 2.13. The van der Waals surface area contributed by atoms with Gasteiger partial charge >= 0.3 is 5.91 Å². The summed E-state index contributed by atoms with van der Waals surface area (Å²) >= 11 is 0. The Morgan fingerprint density at radius 1 is 0.857 bits per heavy atom. The number of carbonyl (C=O) groups is 1. The van der Waals surface area contributed by atoms with Crippen LogP contribution in [0.1, 0.15) is 84.0 Å². The predicted molar refractivity (Wildman–Crippen MR) is 110 cm³/mol. The molecular formula is C21H43NO6. The molecule has 0 rings (SSSR count). The standard InChI is InChI=1S/C21H43NO6/c1-2-3-4-5-6-7-8-9-10-11-18-28-19-20(25)21(26)22(27,14-12-16-23)15-13-17-24/h20,23-25H,2-19H2,1H3. The van der Waals surface area contributed by atoms with Crippen molar-refractivity contribution >= 4 is 5.91 Å². The number of hydrogen-bond donors (Lipinski definition) is 3. The van der Waals surface area contributed by atoms with Crippen LogP contribution in [0.15, 0.2) is 0 Å². The molecule has 0 fully saturated rings. The van der Waals surface area contributed by atoms with Crippen LogP contribution in [-0.4, -0.2) is 71.5 Å². The summed E-state index contributed by atoms with van der Waals surface area (Å²) in [6.45, 7) is 1.90. The maximum Gasteiger partial charge on any atom is 0.344 e. The van der Waals surface area contributed by atoms with E-state index in [-0.39, 0.29) is 45.8 Å². The smallest absolute Gasteiger partial charge is 0.344 e. The Kier molecular flexibility index (Phi) is 18.1. The molecule has 0 aliphatic heterocycles. The van der Waals surface area contributed by atoms with Gasteiger partial charge in [-0.15, -0.1) is 0 Å². The van der Waals surface area contributed by atoms with E-state index in [1.807, 2.05) is 0 Å². The van der Waals surface area contributed by atoms with Gasteiger partial charge in [-0.1, -0.05) is 64.7 Å². The molecule has 0 radical (unpaired) electrons. The van der Waals surface area contributed by atoms with Crippen LogP contribution in [0.25, 0.3) is 0 Å². The molecule has 3 N–H and O–H groups in total. The third-order valence-electron chi connectivity index (χ3n) is 4.96. The molecular weight excluding hydrogens is 362 g/mol. The summed E-state index contributed by atoms with van der Waals surface area (Å²) in [7, 11) is 0. The summed E-state index contributed by atoms with van der Waals surface area (Å²) in [5.41, 5.74) is 0. The van der Waals surface area contributed by atoms with Crippen LogP contribution in [-0.2, 0) is 9.53 Å². The second kappa shape index (κ2) is 18.5. The van der Waals surface area contributed by atoms with E-state index in [2.05, 4.69) is 6.92 Å². The summed E-state index contributed by atoms with van der Waals surface area (Å²) < 4.78 is 4.14. The average Bonchev–Trinajstić information content (AvgIpc) is 2.70. The highest BCUT2D eigenvalue weighted by Gasteiger charge is 2.33. The minimum atomic E-state index is -1.47. The highest BCUT2D eigenvalue weighted by atomic mass is 16.6. The van der Waals surface area contributed by atoms with Crippen LogP contribution in [0.2, 0.25) is 0 Å². The fourth-order valence-corrected chi connectivity index (χ4v) is 3.21. The average molecular weight is 406 g/mol. The molecule has 0 aromatic heterocycles. The molecule has 168 valence electrons. The minimum absolute atomic E-state index is 0.106. The van der Waals surface area contributed by atoms with E-state index in [4.69, 9.17) is 14.9 Å². The number of aliphatic hydroxyl groups is 3. The monoisotopic (exact) mass is 405 g/mol. The molecule has 0 saturated carbocycles. The lowest BCUT2D eigenvalue weighted by Gasteiger charge is -2.40. The molecule has 0 aliphatic carbocycles. The Balaban J connectivity index is 3.85. The zero-order chi connectivity index (χ0) is 21.1. The molecule has 0 heterocycles. The molecule has 1 atom stereocenters. The van der Waals surface area contributed by atoms with Crippen molar-refractivity contribution in [2.24, 2.45) is 0 Å². The zero-order valence-electron chi connectivity index (χ0n) is 17.8. The third-order valence-corrected chi connectivity index (χ3v) is 4.96. The molecule has 0 spiro atoms. The number of ether oxygens (including phenoxy) is 1. The van der Waals surface area contributed by atoms with Crippen LogP contribution < -0.4 is 0 Å². The summed E-state index contributed by atoms with van der Waals surface area (Å²) in [5, 5.41) is 40.4. The first-order chi connectivity index (χ1) is 13.5. The van der Waals surface area contributed by atoms with Gasteiger partial charge in [0.25, 0.3) is 0 Å². The summed E-state index contributed by atoms with van der Waals surface area (Å²) in [4.78, 5) is 12.3. The first-order valence-electron chi connectivity index (χ1n) is 11.1. The van der Waals surface area contributed by atoms with Crippen molar-refractivity contribution in [2.45, 2.75) is 90.1 Å². The van der Waals surface area contributed by atoms with Crippen molar-refractivity contribution in [1.82, 2.24) is 0 Å². The van der Waals surface area contributed by atoms with E-state index in [9.17, 15) is 15.1 Å². The molecule has 7 heteroatoms.